The molecular formula is C17H14N2O5S. The van der Waals surface area contributed by atoms with E-state index in [1.807, 2.05) is 5.38 Å². The molecule has 25 heavy (non-hydrogen) atoms. The number of hydrogen-bond donors (Lipinski definition) is 0. The maximum atomic E-state index is 12.1. The second-order valence-corrected chi connectivity index (χ2v) is 5.57. The molecule has 1 aromatic carbocycles. The fourth-order valence-corrected chi connectivity index (χ4v) is 2.50. The molecule has 0 bridgehead atoms. The van der Waals surface area contributed by atoms with Gasteiger partial charge in [0.1, 0.15) is 0 Å². The number of ether oxygens (including phenoxy) is 3. The van der Waals surface area contributed by atoms with Crippen LogP contribution < -0.4 is 14.2 Å². The zero-order valence-corrected chi connectivity index (χ0v) is 14.3. The third-order valence-electron chi connectivity index (χ3n) is 3.14. The number of esters is 1. The lowest BCUT2D eigenvalue weighted by molar-refractivity contribution is 0.0691. The van der Waals surface area contributed by atoms with Crippen molar-refractivity contribution in [3.63, 3.8) is 0 Å². The van der Waals surface area contributed by atoms with Gasteiger partial charge in [0, 0.05) is 23.4 Å². The predicted molar refractivity (Wildman–Crippen MR) is 92.6 cm³/mol. The number of thiazole rings is 1. The summed E-state index contributed by atoms with van der Waals surface area (Å²) in [4.78, 5) is 20.5. The second kappa shape index (κ2) is 7.63. The van der Waals surface area contributed by atoms with E-state index in [0.29, 0.717) is 22.2 Å². The molecule has 0 saturated heterocycles. The van der Waals surface area contributed by atoms with E-state index in [0.717, 1.165) is 0 Å². The molecule has 0 aliphatic heterocycles. The maximum absolute atomic E-state index is 12.1. The number of methoxy groups -OCH3 is 2. The van der Waals surface area contributed by atoms with Gasteiger partial charge in [-0.3, -0.25) is 0 Å². The van der Waals surface area contributed by atoms with Crippen molar-refractivity contribution in [1.29, 1.82) is 0 Å². The fourth-order valence-electron chi connectivity index (χ4n) is 2.02. The predicted octanol–water partition coefficient (Wildman–Crippen LogP) is 3.72. The number of benzene rings is 1. The normalized spacial score (nSPS) is 10.8. The third-order valence-corrected chi connectivity index (χ3v) is 3.82. The minimum Gasteiger partial charge on any atom is -0.493 e. The average molecular weight is 358 g/mol. The first kappa shape index (κ1) is 16.7. The molecule has 0 atom stereocenters. The van der Waals surface area contributed by atoms with E-state index in [9.17, 15) is 4.79 Å². The molecule has 2 aromatic heterocycles. The van der Waals surface area contributed by atoms with Gasteiger partial charge in [0.25, 0.3) is 0 Å². The minimum atomic E-state index is -0.647. The number of aliphatic imine (C=N–C) groups is 1. The molecule has 0 fully saturated rings. The van der Waals surface area contributed by atoms with Crippen LogP contribution >= 0.6 is 11.3 Å². The van der Waals surface area contributed by atoms with Crippen molar-refractivity contribution in [1.82, 2.24) is 4.98 Å². The van der Waals surface area contributed by atoms with E-state index in [1.54, 1.807) is 30.6 Å². The quantitative estimate of drug-likeness (QED) is 0.379. The Labute approximate surface area is 147 Å². The summed E-state index contributed by atoms with van der Waals surface area (Å²) >= 11 is 1.42. The van der Waals surface area contributed by atoms with Crippen LogP contribution in [0.4, 0.5) is 5.13 Å². The Hall–Kier alpha value is -3.13. The number of hydrogen-bond acceptors (Lipinski definition) is 8. The number of nitrogens with zero attached hydrogens (tertiary/aromatic N) is 2. The van der Waals surface area contributed by atoms with Gasteiger partial charge in [0.15, 0.2) is 11.5 Å². The summed E-state index contributed by atoms with van der Waals surface area (Å²) in [5.41, 5.74) is 0.710. The van der Waals surface area contributed by atoms with Crippen LogP contribution in [0.3, 0.4) is 0 Å². The van der Waals surface area contributed by atoms with Crippen molar-refractivity contribution in [2.75, 3.05) is 14.2 Å². The van der Waals surface area contributed by atoms with E-state index < -0.39 is 5.97 Å². The van der Waals surface area contributed by atoms with Crippen molar-refractivity contribution in [2.45, 2.75) is 0 Å². The topological polar surface area (TPSA) is 83.2 Å². The van der Waals surface area contributed by atoms with Crippen LogP contribution in [0.2, 0.25) is 0 Å². The molecule has 8 heteroatoms. The number of aromatic nitrogens is 1. The van der Waals surface area contributed by atoms with Crippen LogP contribution in [0.1, 0.15) is 16.1 Å². The van der Waals surface area contributed by atoms with Crippen LogP contribution in [-0.2, 0) is 0 Å². The molecule has 0 unspecified atom stereocenters. The standard InChI is InChI=1S/C17H14N2O5S/c1-21-13-8-11(10-19-17-18-5-7-25-17)9-14(22-2)15(13)24-16(20)12-4-3-6-23-12/h3-10H,1-2H3. The monoisotopic (exact) mass is 358 g/mol. The van der Waals surface area contributed by atoms with Gasteiger partial charge in [0.2, 0.25) is 16.6 Å². The van der Waals surface area contributed by atoms with Gasteiger partial charge in [-0.15, -0.1) is 11.3 Å². The SMILES string of the molecule is COc1cc(C=Nc2nccs2)cc(OC)c1OC(=O)c1ccco1. The van der Waals surface area contributed by atoms with E-state index in [1.165, 1.54) is 37.9 Å². The Balaban J connectivity index is 1.91. The van der Waals surface area contributed by atoms with Crippen molar-refractivity contribution in [2.24, 2.45) is 4.99 Å². The van der Waals surface area contributed by atoms with Crippen LogP contribution in [0.5, 0.6) is 17.2 Å². The highest BCUT2D eigenvalue weighted by Gasteiger charge is 2.20. The van der Waals surface area contributed by atoms with Gasteiger partial charge in [-0.05, 0) is 24.3 Å². The second-order valence-electron chi connectivity index (χ2n) is 4.69. The third kappa shape index (κ3) is 3.86. The molecule has 128 valence electrons. The van der Waals surface area contributed by atoms with Crippen LogP contribution in [0, 0.1) is 0 Å². The van der Waals surface area contributed by atoms with Gasteiger partial charge in [-0.2, -0.15) is 0 Å². The van der Waals surface area contributed by atoms with Crippen molar-refractivity contribution in [3.05, 3.63) is 53.4 Å². The average Bonchev–Trinajstić information content (AvgIpc) is 3.33. The summed E-state index contributed by atoms with van der Waals surface area (Å²) < 4.78 is 21.0. The first-order valence-electron chi connectivity index (χ1n) is 7.16. The number of carbonyl (C=O) groups is 1. The Morgan fingerprint density at radius 3 is 2.60 bits per heavy atom. The first-order chi connectivity index (χ1) is 12.2. The lowest BCUT2D eigenvalue weighted by Crippen LogP contribution is -2.09. The molecule has 0 aliphatic carbocycles. The lowest BCUT2D eigenvalue weighted by atomic mass is 10.2. The Morgan fingerprint density at radius 2 is 2.04 bits per heavy atom. The molecule has 0 saturated carbocycles. The molecule has 0 radical (unpaired) electrons. The molecule has 3 rings (SSSR count). The van der Waals surface area contributed by atoms with Gasteiger partial charge >= 0.3 is 5.97 Å². The van der Waals surface area contributed by atoms with Gasteiger partial charge < -0.3 is 18.6 Å². The summed E-state index contributed by atoms with van der Waals surface area (Å²) in [6.45, 7) is 0. The van der Waals surface area contributed by atoms with Crippen molar-refractivity contribution >= 4 is 28.7 Å². The summed E-state index contributed by atoms with van der Waals surface area (Å²) in [7, 11) is 2.95. The summed E-state index contributed by atoms with van der Waals surface area (Å²) in [6.07, 6.45) is 4.70. The van der Waals surface area contributed by atoms with Crippen molar-refractivity contribution < 1.29 is 23.4 Å². The molecule has 0 N–H and O–H groups in total. The highest BCUT2D eigenvalue weighted by molar-refractivity contribution is 7.13. The molecule has 0 spiro atoms. The van der Waals surface area contributed by atoms with E-state index >= 15 is 0 Å². The van der Waals surface area contributed by atoms with Crippen LogP contribution in [0.15, 0.2) is 51.5 Å². The van der Waals surface area contributed by atoms with Crippen LogP contribution in [0.25, 0.3) is 0 Å². The smallest absolute Gasteiger partial charge is 0.379 e. The fraction of sp³-hybridized carbons (Fsp3) is 0.118. The molecule has 7 nitrogen and oxygen atoms in total. The number of carbonyl (C=O) groups excluding carboxylic acids is 1. The van der Waals surface area contributed by atoms with Crippen molar-refractivity contribution in [3.8, 4) is 17.2 Å². The Morgan fingerprint density at radius 1 is 1.28 bits per heavy atom. The zero-order valence-electron chi connectivity index (χ0n) is 13.5. The molecule has 0 amide bonds. The first-order valence-corrected chi connectivity index (χ1v) is 8.04. The maximum Gasteiger partial charge on any atom is 0.379 e. The molecular weight excluding hydrogens is 344 g/mol. The minimum absolute atomic E-state index is 0.0820. The van der Waals surface area contributed by atoms with Gasteiger partial charge in [-0.25, -0.2) is 14.8 Å². The number of rotatable bonds is 6. The highest BCUT2D eigenvalue weighted by Crippen LogP contribution is 2.38. The Bertz CT molecular complexity index is 848. The molecule has 2 heterocycles. The molecule has 3 aromatic rings. The zero-order chi connectivity index (χ0) is 17.6. The van der Waals surface area contributed by atoms with E-state index in [-0.39, 0.29) is 11.5 Å². The number of furan rings is 1. The van der Waals surface area contributed by atoms with E-state index in [2.05, 4.69) is 9.98 Å². The van der Waals surface area contributed by atoms with Gasteiger partial charge in [-0.1, -0.05) is 0 Å². The highest BCUT2D eigenvalue weighted by atomic mass is 32.1. The summed E-state index contributed by atoms with van der Waals surface area (Å²) in [5.74, 6) is 0.266. The molecule has 0 aliphatic rings. The lowest BCUT2D eigenvalue weighted by Gasteiger charge is -2.13. The van der Waals surface area contributed by atoms with E-state index in [4.69, 9.17) is 18.6 Å². The van der Waals surface area contributed by atoms with Crippen LogP contribution in [-0.4, -0.2) is 31.4 Å². The largest absolute Gasteiger partial charge is 0.493 e. The summed E-state index contributed by atoms with van der Waals surface area (Å²) in [5, 5.41) is 2.47. The van der Waals surface area contributed by atoms with Gasteiger partial charge in [0.05, 0.1) is 20.5 Å². The summed E-state index contributed by atoms with van der Waals surface area (Å²) in [6, 6.07) is 6.48. The Kier molecular flexibility index (Phi) is 5.10.